The first-order chi connectivity index (χ1) is 13.9. The first-order valence-corrected chi connectivity index (χ1v) is 9.70. The third-order valence-corrected chi connectivity index (χ3v) is 6.09. The monoisotopic (exact) mass is 418 g/mol. The zero-order chi connectivity index (χ0) is 22.7. The van der Waals surface area contributed by atoms with Gasteiger partial charge in [0.05, 0.1) is 17.2 Å². The van der Waals surface area contributed by atoms with E-state index >= 15 is 0 Å². The van der Waals surface area contributed by atoms with Gasteiger partial charge in [0, 0.05) is 23.1 Å². The lowest BCUT2D eigenvalue weighted by atomic mass is 9.65. The molecule has 1 aromatic rings. The molecule has 3 rings (SSSR count). The number of aliphatic carboxylic acids is 2. The van der Waals surface area contributed by atoms with E-state index < -0.39 is 23.0 Å². The molecule has 1 saturated heterocycles. The van der Waals surface area contributed by atoms with Gasteiger partial charge in [0.25, 0.3) is 0 Å². The standard InChI is InChI=1S/C18H23FN2O.C4H4O4/c1-17(2)10-14-15(19)5-4-12(11-20)16(14)18(17,22)13-6-8-21(3)9-7-13;5-3(6)1-2-4(7)8/h4-5,13,22H,6-10H2,1-3H3;1-2H,(H,5,6)(H,7,8)/b;2-1+. The normalized spacial score (nSPS) is 23.3. The Kier molecular flexibility index (Phi) is 7.01. The number of benzene rings is 1. The Balaban J connectivity index is 0.000000343. The fourth-order valence-corrected chi connectivity index (χ4v) is 4.56. The topological polar surface area (TPSA) is 122 Å². The minimum atomic E-state index is -1.26. The third kappa shape index (κ3) is 4.53. The van der Waals surface area contributed by atoms with Gasteiger partial charge in [-0.25, -0.2) is 14.0 Å². The van der Waals surface area contributed by atoms with Crippen LogP contribution in [0.4, 0.5) is 4.39 Å². The van der Waals surface area contributed by atoms with E-state index in [4.69, 9.17) is 10.2 Å². The lowest BCUT2D eigenvalue weighted by Crippen LogP contribution is -2.49. The number of hydrogen-bond acceptors (Lipinski definition) is 5. The molecule has 7 nitrogen and oxygen atoms in total. The molecule has 0 saturated carbocycles. The molecule has 30 heavy (non-hydrogen) atoms. The number of halogens is 1. The average Bonchev–Trinajstić information content (AvgIpc) is 2.90. The number of carbonyl (C=O) groups is 2. The Bertz CT molecular complexity index is 882. The minimum Gasteiger partial charge on any atom is -0.478 e. The molecule has 0 spiro atoms. The number of likely N-dealkylation sites (tertiary alicyclic amines) is 1. The van der Waals surface area contributed by atoms with Gasteiger partial charge < -0.3 is 20.2 Å². The summed E-state index contributed by atoms with van der Waals surface area (Å²) in [5.41, 5.74) is -0.0936. The highest BCUT2D eigenvalue weighted by Gasteiger charge is 2.57. The van der Waals surface area contributed by atoms with Crippen LogP contribution >= 0.6 is 0 Å². The number of fused-ring (bicyclic) bond motifs is 1. The fourth-order valence-electron chi connectivity index (χ4n) is 4.56. The number of piperidine rings is 1. The van der Waals surface area contributed by atoms with Gasteiger partial charge in [0.1, 0.15) is 5.82 Å². The number of carboxylic acid groups (broad SMARTS) is 2. The highest BCUT2D eigenvalue weighted by Crippen LogP contribution is 2.57. The molecule has 0 bridgehead atoms. The predicted octanol–water partition coefficient (Wildman–Crippen LogP) is 2.52. The van der Waals surface area contributed by atoms with Crippen molar-refractivity contribution in [1.29, 1.82) is 5.26 Å². The minimum absolute atomic E-state index is 0.0637. The largest absolute Gasteiger partial charge is 0.478 e. The summed E-state index contributed by atoms with van der Waals surface area (Å²) in [7, 11) is 2.08. The summed E-state index contributed by atoms with van der Waals surface area (Å²) >= 11 is 0. The van der Waals surface area contributed by atoms with Gasteiger partial charge in [-0.05, 0) is 63.0 Å². The molecule has 0 radical (unpaired) electrons. The number of rotatable bonds is 3. The maximum absolute atomic E-state index is 14.3. The summed E-state index contributed by atoms with van der Waals surface area (Å²) in [6.45, 7) is 5.84. The van der Waals surface area contributed by atoms with Crippen molar-refractivity contribution >= 4 is 11.9 Å². The van der Waals surface area contributed by atoms with E-state index in [0.717, 1.165) is 25.9 Å². The molecule has 0 aromatic heterocycles. The van der Waals surface area contributed by atoms with E-state index in [1.807, 2.05) is 13.8 Å². The van der Waals surface area contributed by atoms with E-state index in [1.165, 1.54) is 12.1 Å². The van der Waals surface area contributed by atoms with Crippen LogP contribution in [0.1, 0.15) is 43.4 Å². The molecule has 1 aliphatic carbocycles. The smallest absolute Gasteiger partial charge is 0.328 e. The first-order valence-electron chi connectivity index (χ1n) is 9.70. The van der Waals surface area contributed by atoms with Crippen LogP contribution in [0.15, 0.2) is 24.3 Å². The van der Waals surface area contributed by atoms with Crippen LogP contribution in [0.3, 0.4) is 0 Å². The summed E-state index contributed by atoms with van der Waals surface area (Å²) in [6.07, 6.45) is 3.34. The Hall–Kier alpha value is -2.76. The summed E-state index contributed by atoms with van der Waals surface area (Å²) in [4.78, 5) is 21.4. The van der Waals surface area contributed by atoms with Gasteiger partial charge in [-0.15, -0.1) is 0 Å². The second-order valence-electron chi connectivity index (χ2n) is 8.47. The Morgan fingerprint density at radius 1 is 1.20 bits per heavy atom. The Morgan fingerprint density at radius 3 is 2.20 bits per heavy atom. The van der Waals surface area contributed by atoms with Crippen molar-refractivity contribution in [2.45, 2.75) is 38.7 Å². The summed E-state index contributed by atoms with van der Waals surface area (Å²) in [6, 6.07) is 5.02. The molecule has 1 heterocycles. The van der Waals surface area contributed by atoms with Crippen LogP contribution in [0, 0.1) is 28.5 Å². The van der Waals surface area contributed by atoms with E-state index in [2.05, 4.69) is 18.0 Å². The van der Waals surface area contributed by atoms with Crippen LogP contribution in [0.25, 0.3) is 0 Å². The number of hydrogen-bond donors (Lipinski definition) is 3. The van der Waals surface area contributed by atoms with E-state index in [9.17, 15) is 24.3 Å². The number of nitriles is 1. The molecular formula is C22H27FN2O5. The SMILES string of the molecule is CN1CCC(C2(O)c3c(C#N)ccc(F)c3CC2(C)C)CC1.O=C(O)/C=C/C(=O)O. The number of carboxylic acids is 2. The second-order valence-corrected chi connectivity index (χ2v) is 8.47. The lowest BCUT2D eigenvalue weighted by molar-refractivity contribution is -0.134. The molecule has 162 valence electrons. The summed E-state index contributed by atoms with van der Waals surface area (Å²) in [5.74, 6) is -2.75. The highest BCUT2D eigenvalue weighted by molar-refractivity contribution is 5.89. The van der Waals surface area contributed by atoms with Gasteiger partial charge >= 0.3 is 11.9 Å². The van der Waals surface area contributed by atoms with Crippen molar-refractivity contribution in [3.63, 3.8) is 0 Å². The maximum atomic E-state index is 14.3. The van der Waals surface area contributed by atoms with E-state index in [0.29, 0.717) is 35.3 Å². The molecule has 3 N–H and O–H groups in total. The average molecular weight is 418 g/mol. The maximum Gasteiger partial charge on any atom is 0.328 e. The molecule has 1 aliphatic heterocycles. The first kappa shape index (κ1) is 23.5. The van der Waals surface area contributed by atoms with Crippen LogP contribution in [-0.4, -0.2) is 52.3 Å². The molecule has 2 aliphatic rings. The predicted molar refractivity (Wildman–Crippen MR) is 107 cm³/mol. The fraction of sp³-hybridized carbons (Fsp3) is 0.500. The van der Waals surface area contributed by atoms with Gasteiger partial charge in [-0.3, -0.25) is 0 Å². The van der Waals surface area contributed by atoms with Crippen molar-refractivity contribution in [1.82, 2.24) is 4.90 Å². The molecule has 0 amide bonds. The van der Waals surface area contributed by atoms with Gasteiger partial charge in [-0.1, -0.05) is 13.8 Å². The van der Waals surface area contributed by atoms with Crippen LogP contribution in [-0.2, 0) is 21.6 Å². The van der Waals surface area contributed by atoms with Gasteiger partial charge in [0.2, 0.25) is 0 Å². The van der Waals surface area contributed by atoms with Crippen molar-refractivity contribution in [3.8, 4) is 6.07 Å². The van der Waals surface area contributed by atoms with Gasteiger partial charge in [0.15, 0.2) is 0 Å². The molecule has 1 unspecified atom stereocenters. The van der Waals surface area contributed by atoms with E-state index in [-0.39, 0.29) is 11.7 Å². The summed E-state index contributed by atoms with van der Waals surface area (Å²) < 4.78 is 14.3. The number of aliphatic hydroxyl groups is 1. The molecule has 1 fully saturated rings. The zero-order valence-electron chi connectivity index (χ0n) is 17.4. The van der Waals surface area contributed by atoms with Crippen molar-refractivity contribution < 1.29 is 29.3 Å². The third-order valence-electron chi connectivity index (χ3n) is 6.09. The lowest BCUT2D eigenvalue weighted by Gasteiger charge is -2.46. The number of nitrogens with zero attached hydrogens (tertiary/aromatic N) is 2. The van der Waals surface area contributed by atoms with Crippen LogP contribution in [0.2, 0.25) is 0 Å². The quantitative estimate of drug-likeness (QED) is 0.645. The Morgan fingerprint density at radius 2 is 1.73 bits per heavy atom. The summed E-state index contributed by atoms with van der Waals surface area (Å²) in [5, 5.41) is 36.8. The Labute approximate surface area is 175 Å². The highest BCUT2D eigenvalue weighted by atomic mass is 19.1. The van der Waals surface area contributed by atoms with Crippen LogP contribution < -0.4 is 0 Å². The second kappa shape index (κ2) is 8.94. The van der Waals surface area contributed by atoms with E-state index in [1.54, 1.807) is 0 Å². The molecule has 1 aromatic carbocycles. The molecule has 8 heteroatoms. The molecular weight excluding hydrogens is 391 g/mol. The van der Waals surface area contributed by atoms with Crippen LogP contribution in [0.5, 0.6) is 0 Å². The zero-order valence-corrected chi connectivity index (χ0v) is 17.4. The van der Waals surface area contributed by atoms with Crippen molar-refractivity contribution in [3.05, 3.63) is 46.8 Å². The van der Waals surface area contributed by atoms with Crippen molar-refractivity contribution in [2.75, 3.05) is 20.1 Å². The van der Waals surface area contributed by atoms with Gasteiger partial charge in [-0.2, -0.15) is 5.26 Å². The van der Waals surface area contributed by atoms with Crippen molar-refractivity contribution in [2.24, 2.45) is 11.3 Å². The molecule has 1 atom stereocenters.